The molecule has 3 aromatic rings. The van der Waals surface area contributed by atoms with E-state index < -0.39 is 5.91 Å². The van der Waals surface area contributed by atoms with E-state index in [1.807, 2.05) is 67.6 Å². The first-order valence-electron chi connectivity index (χ1n) is 10.4. The Morgan fingerprint density at radius 3 is 2.61 bits per heavy atom. The molecule has 0 aliphatic carbocycles. The van der Waals surface area contributed by atoms with Crippen molar-refractivity contribution in [1.29, 1.82) is 5.26 Å². The van der Waals surface area contributed by atoms with Gasteiger partial charge >= 0.3 is 0 Å². The molecular formula is C25H24N4O2. The van der Waals surface area contributed by atoms with E-state index in [0.717, 1.165) is 27.8 Å². The van der Waals surface area contributed by atoms with Crippen molar-refractivity contribution < 1.29 is 9.53 Å². The minimum absolute atomic E-state index is 0.0503. The lowest BCUT2D eigenvalue weighted by atomic mass is 10.1. The van der Waals surface area contributed by atoms with Crippen LogP contribution in [-0.2, 0) is 9.53 Å². The van der Waals surface area contributed by atoms with Crippen LogP contribution >= 0.6 is 0 Å². The number of pyridine rings is 1. The smallest absolute Gasteiger partial charge is 0.262 e. The Balaban J connectivity index is 1.68. The van der Waals surface area contributed by atoms with Crippen molar-refractivity contribution in [2.45, 2.75) is 13.0 Å². The predicted octanol–water partition coefficient (Wildman–Crippen LogP) is 3.86. The summed E-state index contributed by atoms with van der Waals surface area (Å²) in [6.07, 6.45) is 1.64. The average Bonchev–Trinajstić information content (AvgIpc) is 2.83. The number of carbonyl (C=O) groups is 1. The van der Waals surface area contributed by atoms with Crippen molar-refractivity contribution in [1.82, 2.24) is 10.3 Å². The first-order valence-corrected chi connectivity index (χ1v) is 10.4. The van der Waals surface area contributed by atoms with Crippen molar-refractivity contribution in [3.05, 3.63) is 77.4 Å². The molecule has 1 aliphatic heterocycles. The number of para-hydroxylation sites is 1. The molecule has 6 heteroatoms. The summed E-state index contributed by atoms with van der Waals surface area (Å²) in [5.74, 6) is 0.360. The van der Waals surface area contributed by atoms with Gasteiger partial charge in [-0.3, -0.25) is 4.79 Å². The minimum atomic E-state index is -0.403. The molecule has 1 aromatic heterocycles. The summed E-state index contributed by atoms with van der Waals surface area (Å²) in [5, 5.41) is 13.6. The van der Waals surface area contributed by atoms with Crippen molar-refractivity contribution >= 4 is 28.7 Å². The third-order valence-electron chi connectivity index (χ3n) is 5.36. The van der Waals surface area contributed by atoms with Crippen LogP contribution in [-0.4, -0.2) is 37.2 Å². The van der Waals surface area contributed by atoms with Crippen molar-refractivity contribution in [2.24, 2.45) is 0 Å². The van der Waals surface area contributed by atoms with Gasteiger partial charge in [0.1, 0.15) is 17.5 Å². The number of hydrogen-bond donors (Lipinski definition) is 1. The Kier molecular flexibility index (Phi) is 6.25. The third kappa shape index (κ3) is 4.73. The standard InChI is InChI=1S/C25H24N4O2/c1-18(19-7-3-2-4-8-19)27-25(30)22(17-26)16-21-15-20-9-5-6-10-23(20)28-24(21)29-11-13-31-14-12-29/h2-10,15-16,18H,11-14H2,1H3,(H,27,30)/b22-16+. The van der Waals surface area contributed by atoms with Gasteiger partial charge < -0.3 is 15.0 Å². The summed E-state index contributed by atoms with van der Waals surface area (Å²) in [4.78, 5) is 19.8. The van der Waals surface area contributed by atoms with Gasteiger partial charge in [-0.05, 0) is 30.7 Å². The second-order valence-electron chi connectivity index (χ2n) is 7.47. The Bertz CT molecular complexity index is 1150. The van der Waals surface area contributed by atoms with Crippen molar-refractivity contribution in [2.75, 3.05) is 31.2 Å². The largest absolute Gasteiger partial charge is 0.378 e. The van der Waals surface area contributed by atoms with Crippen LogP contribution in [0.2, 0.25) is 0 Å². The number of nitrogens with zero attached hydrogens (tertiary/aromatic N) is 3. The van der Waals surface area contributed by atoms with Crippen LogP contribution in [0.15, 0.2) is 66.2 Å². The number of rotatable bonds is 5. The number of morpholine rings is 1. The van der Waals surface area contributed by atoms with Gasteiger partial charge in [-0.15, -0.1) is 0 Å². The molecule has 1 aliphatic rings. The van der Waals surface area contributed by atoms with Gasteiger partial charge in [0.05, 0.1) is 24.8 Å². The number of carbonyl (C=O) groups excluding carboxylic acids is 1. The number of anilines is 1. The molecule has 1 unspecified atom stereocenters. The highest BCUT2D eigenvalue weighted by Gasteiger charge is 2.19. The fourth-order valence-corrected chi connectivity index (χ4v) is 3.66. The second-order valence-corrected chi connectivity index (χ2v) is 7.47. The van der Waals surface area contributed by atoms with Crippen molar-refractivity contribution in [3.8, 4) is 6.07 Å². The highest BCUT2D eigenvalue weighted by atomic mass is 16.5. The monoisotopic (exact) mass is 412 g/mol. The fraction of sp³-hybridized carbons (Fsp3) is 0.240. The first kappa shape index (κ1) is 20.6. The van der Waals surface area contributed by atoms with Gasteiger partial charge in [0, 0.05) is 24.0 Å². The molecule has 1 atom stereocenters. The molecule has 1 amide bonds. The molecule has 0 radical (unpaired) electrons. The SMILES string of the molecule is CC(NC(=O)/C(C#N)=C/c1cc2ccccc2nc1N1CCOCC1)c1ccccc1. The number of ether oxygens (including phenoxy) is 1. The summed E-state index contributed by atoms with van der Waals surface area (Å²) in [6.45, 7) is 4.57. The van der Waals surface area contributed by atoms with Crippen LogP contribution < -0.4 is 10.2 Å². The van der Waals surface area contributed by atoms with Gasteiger partial charge in [-0.25, -0.2) is 4.98 Å². The van der Waals surface area contributed by atoms with E-state index in [1.165, 1.54) is 0 Å². The zero-order valence-corrected chi connectivity index (χ0v) is 17.4. The van der Waals surface area contributed by atoms with Crippen LogP contribution in [0.5, 0.6) is 0 Å². The van der Waals surface area contributed by atoms with E-state index in [2.05, 4.69) is 16.3 Å². The number of amides is 1. The summed E-state index contributed by atoms with van der Waals surface area (Å²) >= 11 is 0. The molecule has 156 valence electrons. The lowest BCUT2D eigenvalue weighted by Gasteiger charge is -2.29. The highest BCUT2D eigenvalue weighted by Crippen LogP contribution is 2.27. The van der Waals surface area contributed by atoms with E-state index in [4.69, 9.17) is 9.72 Å². The molecule has 0 spiro atoms. The number of aromatic nitrogens is 1. The quantitative estimate of drug-likeness (QED) is 0.509. The summed E-state index contributed by atoms with van der Waals surface area (Å²) in [7, 11) is 0. The van der Waals surface area contributed by atoms with E-state index in [9.17, 15) is 10.1 Å². The zero-order chi connectivity index (χ0) is 21.6. The van der Waals surface area contributed by atoms with Gasteiger partial charge in [0.2, 0.25) is 0 Å². The highest BCUT2D eigenvalue weighted by molar-refractivity contribution is 6.03. The third-order valence-corrected chi connectivity index (χ3v) is 5.36. The van der Waals surface area contributed by atoms with E-state index in [1.54, 1.807) is 6.08 Å². The molecule has 2 heterocycles. The van der Waals surface area contributed by atoms with Gasteiger partial charge in [-0.1, -0.05) is 48.5 Å². The lowest BCUT2D eigenvalue weighted by Crippen LogP contribution is -2.37. The second kappa shape index (κ2) is 9.41. The average molecular weight is 412 g/mol. The Hall–Kier alpha value is -3.69. The normalized spacial score (nSPS) is 15.4. The zero-order valence-electron chi connectivity index (χ0n) is 17.4. The maximum absolute atomic E-state index is 12.9. The Morgan fingerprint density at radius 2 is 1.87 bits per heavy atom. The molecule has 31 heavy (non-hydrogen) atoms. The van der Waals surface area contributed by atoms with Crippen LogP contribution in [0.1, 0.15) is 24.1 Å². The van der Waals surface area contributed by atoms with E-state index >= 15 is 0 Å². The van der Waals surface area contributed by atoms with E-state index in [0.29, 0.717) is 26.3 Å². The molecule has 2 aromatic carbocycles. The molecular weight excluding hydrogens is 388 g/mol. The molecule has 0 saturated carbocycles. The van der Waals surface area contributed by atoms with Crippen molar-refractivity contribution in [3.63, 3.8) is 0 Å². The van der Waals surface area contributed by atoms with Gasteiger partial charge in [-0.2, -0.15) is 5.26 Å². The summed E-state index contributed by atoms with van der Waals surface area (Å²) < 4.78 is 5.47. The number of fused-ring (bicyclic) bond motifs is 1. The van der Waals surface area contributed by atoms with Crippen LogP contribution in [0.3, 0.4) is 0 Å². The van der Waals surface area contributed by atoms with Crippen LogP contribution in [0.4, 0.5) is 5.82 Å². The molecule has 4 rings (SSSR count). The minimum Gasteiger partial charge on any atom is -0.378 e. The molecule has 1 fully saturated rings. The van der Waals surface area contributed by atoms with E-state index in [-0.39, 0.29) is 11.6 Å². The Morgan fingerprint density at radius 1 is 1.16 bits per heavy atom. The maximum atomic E-state index is 12.9. The van der Waals surface area contributed by atoms with Crippen LogP contribution in [0, 0.1) is 11.3 Å². The number of benzene rings is 2. The fourth-order valence-electron chi connectivity index (χ4n) is 3.66. The molecule has 1 saturated heterocycles. The topological polar surface area (TPSA) is 78.2 Å². The number of nitrogens with one attached hydrogen (secondary N) is 1. The van der Waals surface area contributed by atoms with Gasteiger partial charge in [0.15, 0.2) is 0 Å². The number of hydrogen-bond acceptors (Lipinski definition) is 5. The molecule has 1 N–H and O–H groups in total. The molecule has 0 bridgehead atoms. The maximum Gasteiger partial charge on any atom is 0.262 e. The summed E-state index contributed by atoms with van der Waals surface area (Å²) in [5.41, 5.74) is 2.66. The van der Waals surface area contributed by atoms with Gasteiger partial charge in [0.25, 0.3) is 5.91 Å². The summed E-state index contributed by atoms with van der Waals surface area (Å²) in [6, 6.07) is 21.4. The Labute approximate surface area is 181 Å². The predicted molar refractivity (Wildman–Crippen MR) is 121 cm³/mol. The lowest BCUT2D eigenvalue weighted by molar-refractivity contribution is -0.117. The van der Waals surface area contributed by atoms with Crippen LogP contribution in [0.25, 0.3) is 17.0 Å². The first-order chi connectivity index (χ1) is 15.2. The number of nitriles is 1. The molecule has 6 nitrogen and oxygen atoms in total.